The number of esters is 1. The van der Waals surface area contributed by atoms with Crippen molar-refractivity contribution in [2.45, 2.75) is 70.4 Å². The van der Waals surface area contributed by atoms with Crippen LogP contribution in [0.4, 0.5) is 0 Å². The van der Waals surface area contributed by atoms with Crippen molar-refractivity contribution in [1.29, 1.82) is 0 Å². The summed E-state index contributed by atoms with van der Waals surface area (Å²) in [6.45, 7) is 7.46. The lowest BCUT2D eigenvalue weighted by molar-refractivity contribution is -0.139. The molecule has 7 nitrogen and oxygen atoms in total. The fraction of sp³-hybridized carbons (Fsp3) is 0.433. The van der Waals surface area contributed by atoms with Gasteiger partial charge in [-0.05, 0) is 67.0 Å². The van der Waals surface area contributed by atoms with E-state index in [1.165, 1.54) is 16.0 Å². The van der Waals surface area contributed by atoms with Crippen molar-refractivity contribution in [2.24, 2.45) is 0 Å². The molecular formula is C30H38O7S. The van der Waals surface area contributed by atoms with Gasteiger partial charge in [0.1, 0.15) is 5.75 Å². The van der Waals surface area contributed by atoms with Crippen LogP contribution in [-0.2, 0) is 16.0 Å². The first kappa shape index (κ1) is 29.8. The van der Waals surface area contributed by atoms with Crippen LogP contribution in [0.2, 0.25) is 0 Å². The molecule has 0 amide bonds. The van der Waals surface area contributed by atoms with Gasteiger partial charge in [0, 0.05) is 28.0 Å². The molecule has 0 saturated carbocycles. The third-order valence-electron chi connectivity index (χ3n) is 6.42. The Balaban J connectivity index is 1.42. The highest BCUT2D eigenvalue weighted by atomic mass is 32.1. The van der Waals surface area contributed by atoms with Crippen LogP contribution in [0.1, 0.15) is 45.1 Å². The zero-order chi connectivity index (χ0) is 27.7. The van der Waals surface area contributed by atoms with E-state index in [-0.39, 0.29) is 32.5 Å². The number of fused-ring (bicyclic) bond motifs is 1. The van der Waals surface area contributed by atoms with Gasteiger partial charge in [-0.15, -0.1) is 11.3 Å². The summed E-state index contributed by atoms with van der Waals surface area (Å²) in [4.78, 5) is 12.5. The van der Waals surface area contributed by atoms with Crippen molar-refractivity contribution in [1.82, 2.24) is 0 Å². The van der Waals surface area contributed by atoms with Crippen LogP contribution >= 0.6 is 11.3 Å². The number of aliphatic hydroxyl groups excluding tert-OH is 4. The number of benzene rings is 2. The Morgan fingerprint density at radius 2 is 1.61 bits per heavy atom. The van der Waals surface area contributed by atoms with E-state index in [1.807, 2.05) is 18.2 Å². The molecule has 4 N–H and O–H groups in total. The lowest BCUT2D eigenvalue weighted by Crippen LogP contribution is -2.36. The fourth-order valence-electron chi connectivity index (χ4n) is 3.97. The average molecular weight is 543 g/mol. The summed E-state index contributed by atoms with van der Waals surface area (Å²) in [6, 6.07) is 16.6. The minimum Gasteiger partial charge on any atom is -0.493 e. The van der Waals surface area contributed by atoms with E-state index in [2.05, 4.69) is 43.8 Å². The van der Waals surface area contributed by atoms with Crippen LogP contribution < -0.4 is 4.74 Å². The second-order valence-corrected chi connectivity index (χ2v) is 10.6. The van der Waals surface area contributed by atoms with E-state index >= 15 is 0 Å². The van der Waals surface area contributed by atoms with E-state index in [9.17, 15) is 25.2 Å². The minimum atomic E-state index is -1.22. The Bertz CT molecular complexity index is 1190. The van der Waals surface area contributed by atoms with Crippen LogP contribution in [0.15, 0.2) is 60.7 Å². The molecule has 0 fully saturated rings. The molecule has 0 aliphatic rings. The molecule has 0 radical (unpaired) electrons. The highest BCUT2D eigenvalue weighted by molar-refractivity contribution is 7.22. The zero-order valence-corrected chi connectivity index (χ0v) is 22.8. The van der Waals surface area contributed by atoms with Crippen molar-refractivity contribution >= 4 is 27.4 Å². The Morgan fingerprint density at radius 3 is 2.26 bits per heavy atom. The summed E-state index contributed by atoms with van der Waals surface area (Å²) in [7, 11) is 0. The SMILES string of the molecule is C=C(C)C(=O)OCCCC(O)C(O)CC(O)C(O)CCOc1ccc2cc(-c3ccc(CC)cc3)sc2c1. The van der Waals surface area contributed by atoms with Crippen LogP contribution in [0.3, 0.4) is 0 Å². The molecule has 3 rings (SSSR count). The summed E-state index contributed by atoms with van der Waals surface area (Å²) in [5.74, 6) is 0.176. The van der Waals surface area contributed by atoms with Crippen molar-refractivity contribution in [3.63, 3.8) is 0 Å². The number of rotatable bonds is 15. The van der Waals surface area contributed by atoms with E-state index in [0.717, 1.165) is 16.5 Å². The minimum absolute atomic E-state index is 0.0998. The number of hydrogen-bond acceptors (Lipinski definition) is 8. The highest BCUT2D eigenvalue weighted by Gasteiger charge is 2.24. The number of thiophene rings is 1. The number of aryl methyl sites for hydroxylation is 1. The molecule has 0 spiro atoms. The van der Waals surface area contributed by atoms with Crippen molar-refractivity contribution in [3.8, 4) is 16.2 Å². The van der Waals surface area contributed by atoms with Gasteiger partial charge < -0.3 is 29.9 Å². The maximum atomic E-state index is 11.3. The molecule has 0 bridgehead atoms. The van der Waals surface area contributed by atoms with E-state index in [0.29, 0.717) is 17.7 Å². The van der Waals surface area contributed by atoms with Crippen LogP contribution in [-0.4, -0.2) is 64.0 Å². The molecule has 3 aromatic rings. The van der Waals surface area contributed by atoms with E-state index in [4.69, 9.17) is 9.47 Å². The third kappa shape index (κ3) is 8.64. The van der Waals surface area contributed by atoms with Gasteiger partial charge in [-0.2, -0.15) is 0 Å². The van der Waals surface area contributed by atoms with E-state index in [1.54, 1.807) is 18.3 Å². The Hall–Kier alpha value is -2.75. The fourth-order valence-corrected chi connectivity index (χ4v) is 5.07. The molecule has 1 heterocycles. The van der Waals surface area contributed by atoms with Crippen LogP contribution in [0.5, 0.6) is 5.75 Å². The van der Waals surface area contributed by atoms with Gasteiger partial charge in [0.05, 0.1) is 37.6 Å². The zero-order valence-electron chi connectivity index (χ0n) is 22.0. The van der Waals surface area contributed by atoms with Gasteiger partial charge in [0.2, 0.25) is 0 Å². The molecule has 2 aromatic carbocycles. The third-order valence-corrected chi connectivity index (χ3v) is 7.56. The van der Waals surface area contributed by atoms with E-state index < -0.39 is 30.4 Å². The molecule has 4 atom stereocenters. The van der Waals surface area contributed by atoms with Gasteiger partial charge in [0.15, 0.2) is 0 Å². The Labute approximate surface area is 228 Å². The molecule has 0 aliphatic carbocycles. The molecule has 0 saturated heterocycles. The molecule has 206 valence electrons. The normalized spacial score (nSPS) is 14.6. The lowest BCUT2D eigenvalue weighted by atomic mass is 9.99. The summed E-state index contributed by atoms with van der Waals surface area (Å²) >= 11 is 1.69. The quantitative estimate of drug-likeness (QED) is 0.126. The topological polar surface area (TPSA) is 116 Å². The standard InChI is InChI=1S/C30H38O7S/c1-4-20-7-9-21(10-8-20)28-16-22-11-12-23(17-29(22)38-28)36-15-13-25(32)27(34)18-26(33)24(31)6-5-14-37-30(35)19(2)3/h7-12,16-17,24-27,31-34H,2,4-6,13-15,18H2,1,3H3. The second-order valence-electron chi connectivity index (χ2n) is 9.56. The Kier molecular flexibility index (Phi) is 11.3. The van der Waals surface area contributed by atoms with Gasteiger partial charge in [-0.3, -0.25) is 0 Å². The average Bonchev–Trinajstić information content (AvgIpc) is 3.34. The number of hydrogen-bond donors (Lipinski definition) is 4. The first-order valence-corrected chi connectivity index (χ1v) is 13.8. The van der Waals surface area contributed by atoms with Crippen molar-refractivity contribution < 1.29 is 34.7 Å². The molecule has 38 heavy (non-hydrogen) atoms. The summed E-state index contributed by atoms with van der Waals surface area (Å²) in [5, 5.41) is 42.0. The van der Waals surface area contributed by atoms with Gasteiger partial charge in [-0.25, -0.2) is 4.79 Å². The maximum Gasteiger partial charge on any atom is 0.333 e. The number of ether oxygens (including phenoxy) is 2. The highest BCUT2D eigenvalue weighted by Crippen LogP contribution is 2.35. The molecule has 1 aromatic heterocycles. The molecular weight excluding hydrogens is 504 g/mol. The van der Waals surface area contributed by atoms with Gasteiger partial charge >= 0.3 is 5.97 Å². The molecule has 8 heteroatoms. The van der Waals surface area contributed by atoms with Crippen molar-refractivity contribution in [2.75, 3.05) is 13.2 Å². The number of carbonyl (C=O) groups excluding carboxylic acids is 1. The van der Waals surface area contributed by atoms with Gasteiger partial charge in [-0.1, -0.05) is 37.8 Å². The molecule has 0 aliphatic heterocycles. The van der Waals surface area contributed by atoms with Gasteiger partial charge in [0.25, 0.3) is 0 Å². The predicted octanol–water partition coefficient (Wildman–Crippen LogP) is 4.63. The molecule has 4 unspecified atom stereocenters. The lowest BCUT2D eigenvalue weighted by Gasteiger charge is -2.23. The first-order chi connectivity index (χ1) is 18.2. The second kappa shape index (κ2) is 14.4. The monoisotopic (exact) mass is 542 g/mol. The van der Waals surface area contributed by atoms with Crippen molar-refractivity contribution in [3.05, 3.63) is 66.2 Å². The largest absolute Gasteiger partial charge is 0.493 e. The predicted molar refractivity (Wildman–Crippen MR) is 150 cm³/mol. The summed E-state index contributed by atoms with van der Waals surface area (Å²) in [6.07, 6.45) is -3.12. The first-order valence-electron chi connectivity index (χ1n) is 13.0. The van der Waals surface area contributed by atoms with Crippen LogP contribution in [0.25, 0.3) is 20.5 Å². The summed E-state index contributed by atoms with van der Waals surface area (Å²) in [5.41, 5.74) is 2.78. The smallest absolute Gasteiger partial charge is 0.333 e. The summed E-state index contributed by atoms with van der Waals surface area (Å²) < 4.78 is 11.9. The Morgan fingerprint density at radius 1 is 0.921 bits per heavy atom. The number of aliphatic hydroxyl groups is 4. The maximum absolute atomic E-state index is 11.3. The number of carbonyl (C=O) groups is 1. The van der Waals surface area contributed by atoms with Crippen LogP contribution in [0, 0.1) is 0 Å².